The van der Waals surface area contributed by atoms with Gasteiger partial charge in [-0.1, -0.05) is 190 Å². The summed E-state index contributed by atoms with van der Waals surface area (Å²) in [7, 11) is 1.06. The van der Waals surface area contributed by atoms with Crippen LogP contribution in [0.25, 0.3) is 0 Å². The molecule has 0 spiro atoms. The van der Waals surface area contributed by atoms with Crippen LogP contribution < -0.4 is 79.9 Å². The van der Waals surface area contributed by atoms with Crippen molar-refractivity contribution in [3.05, 3.63) is 243 Å². The predicted octanol–water partition coefficient (Wildman–Crippen LogP) is -8.22. The summed E-state index contributed by atoms with van der Waals surface area (Å²) in [4.78, 5) is 40.0. The molecule has 0 saturated heterocycles. The summed E-state index contributed by atoms with van der Waals surface area (Å²) in [6.45, 7) is 9.56. The number of benzene rings is 8. The van der Waals surface area contributed by atoms with Crippen molar-refractivity contribution in [3.8, 4) is 46.0 Å². The van der Waals surface area contributed by atoms with Crippen molar-refractivity contribution in [2.24, 2.45) is 20.0 Å². The van der Waals surface area contributed by atoms with Crippen LogP contribution in [0.1, 0.15) is 66.8 Å². The molecule has 0 aliphatic heterocycles. The first kappa shape index (κ1) is 147. The molecule has 0 bridgehead atoms. The number of halogens is 1. The Morgan fingerprint density at radius 2 is 0.458 bits per heavy atom. The van der Waals surface area contributed by atoms with E-state index in [1.165, 1.54) is 49.1 Å². The van der Waals surface area contributed by atoms with Gasteiger partial charge >= 0.3 is 149 Å². The van der Waals surface area contributed by atoms with Crippen LogP contribution in [-0.4, -0.2) is 259 Å². The molecule has 3 radical (unpaired) electrons. The molecule has 0 aliphatic carbocycles. The molecule has 737 valence electrons. The van der Waals surface area contributed by atoms with E-state index in [4.69, 9.17) is 100 Å². The molecule has 0 heterocycles. The summed E-state index contributed by atoms with van der Waals surface area (Å²) in [6, 6.07) is 39.4. The van der Waals surface area contributed by atoms with E-state index >= 15 is 0 Å². The summed E-state index contributed by atoms with van der Waals surface area (Å²) in [5, 5.41) is 249. The Morgan fingerprint density at radius 1 is 0.313 bits per heavy atom. The van der Waals surface area contributed by atoms with Gasteiger partial charge in [0.05, 0.1) is 59.4 Å². The topological polar surface area (TPSA) is 798 Å². The molecule has 43 nitrogen and oxygen atoms in total. The number of rotatable bonds is 32. The Balaban J connectivity index is -0.000000148. The summed E-state index contributed by atoms with van der Waals surface area (Å²) in [5.74, 6) is -1.57. The molecular weight excluding hydrogens is 2290 g/mol. The monoisotopic (exact) mass is 2400 g/mol. The molecule has 0 saturated carbocycles. The maximum atomic E-state index is 12.6. The number of aryl methyl sites for hydroxylation is 4. The zero-order valence-electron chi connectivity index (χ0n) is 72.8. The van der Waals surface area contributed by atoms with Gasteiger partial charge in [0.25, 0.3) is 0 Å². The molecule has 12 N–H and O–H groups in total. The van der Waals surface area contributed by atoms with Crippen LogP contribution in [0.2, 0.25) is 0 Å². The van der Waals surface area contributed by atoms with Crippen LogP contribution in [0.4, 0.5) is 22.7 Å². The normalized spacial score (nSPS) is 9.89. The summed E-state index contributed by atoms with van der Waals surface area (Å²) < 4.78 is 34.0. The molecule has 0 unspecified atom stereocenters. The number of nitrogens with zero attached hydrogens (tertiary/aromatic N) is 10. The van der Waals surface area contributed by atoms with Crippen molar-refractivity contribution in [1.82, 2.24) is 19.6 Å². The Labute approximate surface area is 874 Å². The Kier molecular flexibility index (Phi) is 104. The molecule has 0 aliphatic rings. The van der Waals surface area contributed by atoms with E-state index in [1.54, 1.807) is 141 Å². The minimum atomic E-state index is -4.94. The Bertz CT molecular complexity index is 3790. The third-order valence-electron chi connectivity index (χ3n) is 15.1. The number of aliphatic hydroxyl groups excluding tert-OH is 10. The number of aliphatic imine (C=N–C) groups is 4. The summed E-state index contributed by atoms with van der Waals surface area (Å²) in [5.41, 5.74) is 8.38. The molecular formula is C82H110ClDy3Mn2N10O33. The molecule has 49 heteroatoms. The zero-order valence-corrected chi connectivity index (χ0v) is 82.0. The van der Waals surface area contributed by atoms with Crippen LogP contribution in [0.15, 0.2) is 166 Å². The standard InChI is InChI=1S/4C19H23N2O4.6CH4O.ClHO4.3Dy.2Mn.2NO3.H2O/c4*1-14-10-15(12-20-17-4-2-3-5-18(17)24)19(25)16(11-14)13-21(6-8-22)7-9-23;6*1-2;2-1(3,4)5;;;;;;2*2-1(3)4;/h4*2-5,10-12,22,24-25H,6-9,13H2,1H3;6*2H,1H3;(H,2,3,4,5);;;;;;;;1H2/q4*-1;;;;;;;;5*+3;2*-1;/p-9. The van der Waals surface area contributed by atoms with E-state index in [9.17, 15) is 61.3 Å². The third kappa shape index (κ3) is 69.9. The SMILES string of the molecule is CO.CO.CO.CO.CO.CO.Cc1cc(C=Nc2ccccc2[O-])c([O-])c(CN(CC[O-])CCO)c1.Cc1cc(C=Nc2ccccc2[O-])c([O-])c(CN(CC[O-])CCO)c1.Cc1cc(C=Nc2ccccc2[O-])c([O-])c(CN(CC[O-])CCO)c1.Cc1cc(C=Nc2ccccc2[O-])c([O-])c(CN(CC[O-])CCO)c1.O.O=[N+]([O-])[O-].O=[N+]([O-])[O-].[Dy+3].[Dy+3].[Dy+3].[Mn+3].[Mn+3].[O-][Cl+3]([O-])([O-])[O-]. The van der Waals surface area contributed by atoms with Crippen molar-refractivity contribution in [1.29, 1.82) is 0 Å². The van der Waals surface area contributed by atoms with E-state index in [0.717, 1.165) is 64.9 Å². The van der Waals surface area contributed by atoms with Crippen molar-refractivity contribution in [2.45, 2.75) is 53.9 Å². The summed E-state index contributed by atoms with van der Waals surface area (Å²) in [6.07, 6.45) is 5.61. The van der Waals surface area contributed by atoms with E-state index in [0.29, 0.717) is 96.9 Å². The fraction of sp³-hybridized carbons (Fsp3) is 0.366. The number of hydrogen-bond donors (Lipinski definition) is 10. The van der Waals surface area contributed by atoms with Gasteiger partial charge in [-0.15, -0.1) is 36.7 Å². The van der Waals surface area contributed by atoms with Gasteiger partial charge in [-0.3, -0.25) is 39.6 Å². The smallest absolute Gasteiger partial charge is 0.872 e. The number of para-hydroxylation sites is 8. The van der Waals surface area contributed by atoms with Gasteiger partial charge in [0, 0.05) is 120 Å². The minimum absolute atomic E-state index is 0. The molecule has 8 rings (SSSR count). The van der Waals surface area contributed by atoms with E-state index < -0.39 is 20.4 Å². The average Bonchev–Trinajstić information content (AvgIpc) is 0.844. The van der Waals surface area contributed by atoms with Crippen LogP contribution in [0.5, 0.6) is 46.0 Å². The Hall–Kier alpha value is -6.53. The van der Waals surface area contributed by atoms with Crippen molar-refractivity contribution >= 4 is 47.6 Å². The number of aliphatic hydroxyl groups is 10. The first-order valence-electron chi connectivity index (χ1n) is 36.7. The van der Waals surface area contributed by atoms with Gasteiger partial charge in [0.15, 0.2) is 0 Å². The van der Waals surface area contributed by atoms with Gasteiger partial charge in [-0.25, -0.2) is 18.6 Å². The number of hydrogen-bond acceptors (Lipinski definition) is 40. The van der Waals surface area contributed by atoms with Gasteiger partial charge in [-0.2, -0.15) is 0 Å². The van der Waals surface area contributed by atoms with Gasteiger partial charge in [0.2, 0.25) is 0 Å². The van der Waals surface area contributed by atoms with Gasteiger partial charge in [0.1, 0.15) is 0 Å². The minimum Gasteiger partial charge on any atom is -0.872 e. The molecule has 8 aromatic carbocycles. The second-order valence-corrected chi connectivity index (χ2v) is 24.7. The van der Waals surface area contributed by atoms with E-state index in [2.05, 4.69) is 20.0 Å². The fourth-order valence-electron chi connectivity index (χ4n) is 10.3. The zero-order chi connectivity index (χ0) is 96.6. The van der Waals surface area contributed by atoms with E-state index in [1.807, 2.05) is 27.7 Å². The second kappa shape index (κ2) is 92.5. The second-order valence-electron chi connectivity index (χ2n) is 23.9. The molecule has 0 atom stereocenters. The first-order valence-corrected chi connectivity index (χ1v) is 37.9. The maximum absolute atomic E-state index is 12.6. The van der Waals surface area contributed by atoms with Crippen LogP contribution in [-0.2, 0) is 60.3 Å². The average molecular weight is 2400 g/mol. The molecule has 0 amide bonds. The largest absolute Gasteiger partial charge is 3.00 e. The van der Waals surface area contributed by atoms with Gasteiger partial charge in [-0.05, 0) is 123 Å². The predicted molar refractivity (Wildman–Crippen MR) is 437 cm³/mol. The molecule has 0 aromatic heterocycles. The molecule has 0 fully saturated rings. The van der Waals surface area contributed by atoms with Crippen LogP contribution in [0.3, 0.4) is 0 Å². The van der Waals surface area contributed by atoms with Crippen LogP contribution in [0, 0.1) is 183 Å². The maximum Gasteiger partial charge on any atom is 3.00 e. The van der Waals surface area contributed by atoms with Gasteiger partial charge < -0.3 is 148 Å². The molecule has 8 aromatic rings. The quantitative estimate of drug-likeness (QED) is 0.00810. The summed E-state index contributed by atoms with van der Waals surface area (Å²) >= 11 is 0. The third-order valence-corrected chi connectivity index (χ3v) is 15.1. The molecule has 131 heavy (non-hydrogen) atoms. The fourth-order valence-corrected chi connectivity index (χ4v) is 10.3. The van der Waals surface area contributed by atoms with Crippen molar-refractivity contribution < 1.29 is 306 Å². The van der Waals surface area contributed by atoms with E-state index in [-0.39, 0.29) is 302 Å². The van der Waals surface area contributed by atoms with Crippen molar-refractivity contribution in [2.75, 3.05) is 148 Å². The first-order chi connectivity index (χ1) is 59.6. The van der Waals surface area contributed by atoms with Crippen molar-refractivity contribution in [3.63, 3.8) is 0 Å². The Morgan fingerprint density at radius 3 is 0.588 bits per heavy atom. The van der Waals surface area contributed by atoms with Crippen LogP contribution >= 0.6 is 0 Å².